The van der Waals surface area contributed by atoms with E-state index in [-0.39, 0.29) is 16.8 Å². The summed E-state index contributed by atoms with van der Waals surface area (Å²) in [5.74, 6) is -0.945. The van der Waals surface area contributed by atoms with Gasteiger partial charge in [-0.05, 0) is 19.1 Å². The standard InChI is InChI=1S/C20H16F4N6OS/c1-10-11(7-27-30(10)8-20(22,23)24)19(31)29-6-5-13-16(26-9-25-13)17(29)18-28-15-12(21)3-2-4-14(15)32-18/h2-4,7,9,17H,5-6,8H2,1H3,(H,25,26)/t17-/m0/s1. The van der Waals surface area contributed by atoms with Gasteiger partial charge in [0.2, 0.25) is 0 Å². The highest BCUT2D eigenvalue weighted by atomic mass is 32.1. The van der Waals surface area contributed by atoms with E-state index in [1.54, 1.807) is 12.1 Å². The number of hydrogen-bond donors (Lipinski definition) is 1. The van der Waals surface area contributed by atoms with Crippen LogP contribution in [-0.2, 0) is 13.0 Å². The van der Waals surface area contributed by atoms with Crippen LogP contribution < -0.4 is 0 Å². The Hall–Kier alpha value is -3.28. The molecule has 4 heterocycles. The first kappa shape index (κ1) is 20.6. The Bertz CT molecular complexity index is 1320. The molecule has 7 nitrogen and oxygen atoms in total. The smallest absolute Gasteiger partial charge is 0.348 e. The maximum atomic E-state index is 14.3. The van der Waals surface area contributed by atoms with Crippen LogP contribution in [0.25, 0.3) is 10.2 Å². The second-order valence-electron chi connectivity index (χ2n) is 7.47. The number of halogens is 4. The molecule has 1 N–H and O–H groups in total. The van der Waals surface area contributed by atoms with Crippen molar-refractivity contribution in [3.8, 4) is 0 Å². The molecule has 0 fully saturated rings. The number of carbonyl (C=O) groups is 1. The van der Waals surface area contributed by atoms with Crippen LogP contribution in [0.4, 0.5) is 17.6 Å². The number of nitrogens with zero attached hydrogens (tertiary/aromatic N) is 5. The van der Waals surface area contributed by atoms with Crippen LogP contribution in [0.15, 0.2) is 30.7 Å². The topological polar surface area (TPSA) is 79.7 Å². The number of amides is 1. The molecule has 0 bridgehead atoms. The molecule has 5 rings (SSSR count). The zero-order valence-electron chi connectivity index (χ0n) is 16.6. The van der Waals surface area contributed by atoms with E-state index < -0.39 is 30.5 Å². The second kappa shape index (κ2) is 7.40. The second-order valence-corrected chi connectivity index (χ2v) is 8.53. The average molecular weight is 464 g/mol. The number of alkyl halides is 3. The van der Waals surface area contributed by atoms with Gasteiger partial charge in [-0.1, -0.05) is 6.07 Å². The molecule has 166 valence electrons. The summed E-state index contributed by atoms with van der Waals surface area (Å²) >= 11 is 1.25. The van der Waals surface area contributed by atoms with Gasteiger partial charge >= 0.3 is 6.18 Å². The van der Waals surface area contributed by atoms with Gasteiger partial charge in [-0.25, -0.2) is 14.4 Å². The number of aromatic nitrogens is 5. The number of nitrogens with one attached hydrogen (secondary N) is 1. The highest BCUT2D eigenvalue weighted by Crippen LogP contribution is 2.38. The van der Waals surface area contributed by atoms with Crippen molar-refractivity contribution in [3.05, 3.63) is 64.2 Å². The van der Waals surface area contributed by atoms with E-state index >= 15 is 0 Å². The minimum atomic E-state index is -4.46. The van der Waals surface area contributed by atoms with Crippen LogP contribution >= 0.6 is 11.3 Å². The molecule has 1 atom stereocenters. The van der Waals surface area contributed by atoms with E-state index in [0.717, 1.165) is 16.6 Å². The van der Waals surface area contributed by atoms with Crippen molar-refractivity contribution in [2.24, 2.45) is 0 Å². The van der Waals surface area contributed by atoms with Crippen LogP contribution in [0.2, 0.25) is 0 Å². The third kappa shape index (κ3) is 3.44. The fraction of sp³-hybridized carbons (Fsp3) is 0.300. The Morgan fingerprint density at radius 3 is 2.91 bits per heavy atom. The lowest BCUT2D eigenvalue weighted by Crippen LogP contribution is -2.41. The van der Waals surface area contributed by atoms with E-state index in [9.17, 15) is 22.4 Å². The van der Waals surface area contributed by atoms with Crippen LogP contribution in [0, 0.1) is 12.7 Å². The molecule has 0 saturated heterocycles. The molecule has 1 aliphatic heterocycles. The zero-order valence-corrected chi connectivity index (χ0v) is 17.5. The lowest BCUT2D eigenvalue weighted by molar-refractivity contribution is -0.142. The number of hydrogen-bond acceptors (Lipinski definition) is 5. The van der Waals surface area contributed by atoms with E-state index in [4.69, 9.17) is 0 Å². The lowest BCUT2D eigenvalue weighted by atomic mass is 10.0. The molecular weight excluding hydrogens is 448 g/mol. The first-order valence-corrected chi connectivity index (χ1v) is 10.5. The summed E-state index contributed by atoms with van der Waals surface area (Å²) in [7, 11) is 0. The molecule has 12 heteroatoms. The van der Waals surface area contributed by atoms with Gasteiger partial charge in [0.15, 0.2) is 0 Å². The highest BCUT2D eigenvalue weighted by Gasteiger charge is 2.38. The molecule has 0 saturated carbocycles. The minimum absolute atomic E-state index is 0.0746. The number of rotatable bonds is 3. The minimum Gasteiger partial charge on any atom is -0.348 e. The first-order valence-electron chi connectivity index (χ1n) is 9.70. The monoisotopic (exact) mass is 464 g/mol. The van der Waals surface area contributed by atoms with Gasteiger partial charge in [0.05, 0.1) is 28.5 Å². The summed E-state index contributed by atoms with van der Waals surface area (Å²) in [5, 5.41) is 4.24. The summed E-state index contributed by atoms with van der Waals surface area (Å²) < 4.78 is 54.1. The summed E-state index contributed by atoms with van der Waals surface area (Å²) in [6, 6.07) is 3.95. The number of aromatic amines is 1. The van der Waals surface area contributed by atoms with E-state index in [1.165, 1.54) is 35.6 Å². The third-order valence-electron chi connectivity index (χ3n) is 5.47. The molecule has 0 unspecified atom stereocenters. The summed E-state index contributed by atoms with van der Waals surface area (Å²) in [4.78, 5) is 26.8. The molecule has 0 radical (unpaired) electrons. The molecule has 0 spiro atoms. The molecule has 1 aromatic carbocycles. The van der Waals surface area contributed by atoms with E-state index in [2.05, 4.69) is 20.1 Å². The Kier molecular flexibility index (Phi) is 4.77. The molecular formula is C20H16F4N6OS. The Labute approximate surface area is 182 Å². The predicted molar refractivity (Wildman–Crippen MR) is 108 cm³/mol. The van der Waals surface area contributed by atoms with E-state index in [1.807, 2.05) is 0 Å². The van der Waals surface area contributed by atoms with Crippen LogP contribution in [0.5, 0.6) is 0 Å². The van der Waals surface area contributed by atoms with Crippen molar-refractivity contribution in [2.45, 2.75) is 32.1 Å². The zero-order chi connectivity index (χ0) is 22.6. The van der Waals surface area contributed by atoms with Crippen molar-refractivity contribution < 1.29 is 22.4 Å². The highest BCUT2D eigenvalue weighted by molar-refractivity contribution is 7.18. The number of fused-ring (bicyclic) bond motifs is 2. The molecule has 4 aromatic rings. The van der Waals surface area contributed by atoms with Crippen molar-refractivity contribution >= 4 is 27.5 Å². The SMILES string of the molecule is Cc1c(C(=O)N2CCc3[nH]cnc3[C@H]2c2nc3c(F)cccc3s2)cnn1CC(F)(F)F. The summed E-state index contributed by atoms with van der Waals surface area (Å²) in [5.41, 5.74) is 1.82. The molecule has 1 aliphatic rings. The fourth-order valence-corrected chi connectivity index (χ4v) is 5.03. The largest absolute Gasteiger partial charge is 0.408 e. The van der Waals surface area contributed by atoms with Crippen molar-refractivity contribution in [2.75, 3.05) is 6.54 Å². The van der Waals surface area contributed by atoms with E-state index in [0.29, 0.717) is 28.4 Å². The fourth-order valence-electron chi connectivity index (χ4n) is 3.93. The van der Waals surface area contributed by atoms with Crippen molar-refractivity contribution in [1.82, 2.24) is 29.6 Å². The summed E-state index contributed by atoms with van der Waals surface area (Å²) in [6.45, 7) is 0.440. The predicted octanol–water partition coefficient (Wildman–Crippen LogP) is 4.01. The normalized spacial score (nSPS) is 16.5. The van der Waals surface area contributed by atoms with Gasteiger partial charge in [0, 0.05) is 24.4 Å². The number of para-hydroxylation sites is 1. The molecule has 3 aromatic heterocycles. The van der Waals surface area contributed by atoms with Gasteiger partial charge in [-0.2, -0.15) is 18.3 Å². The molecule has 0 aliphatic carbocycles. The molecule has 32 heavy (non-hydrogen) atoms. The van der Waals surface area contributed by atoms with Gasteiger partial charge in [0.25, 0.3) is 5.91 Å². The number of carbonyl (C=O) groups excluding carboxylic acids is 1. The van der Waals surface area contributed by atoms with Gasteiger partial charge in [0.1, 0.15) is 28.9 Å². The van der Waals surface area contributed by atoms with Crippen molar-refractivity contribution in [3.63, 3.8) is 0 Å². The van der Waals surface area contributed by atoms with Crippen molar-refractivity contribution in [1.29, 1.82) is 0 Å². The maximum absolute atomic E-state index is 14.3. The number of thiazole rings is 1. The third-order valence-corrected chi connectivity index (χ3v) is 6.54. The van der Waals surface area contributed by atoms with Gasteiger partial charge < -0.3 is 9.88 Å². The number of H-pyrrole nitrogens is 1. The Balaban J connectivity index is 1.57. The maximum Gasteiger partial charge on any atom is 0.408 e. The Morgan fingerprint density at radius 1 is 1.34 bits per heavy atom. The first-order chi connectivity index (χ1) is 15.2. The van der Waals surface area contributed by atoms with Gasteiger partial charge in [-0.3, -0.25) is 9.48 Å². The quantitative estimate of drug-likeness (QED) is 0.465. The average Bonchev–Trinajstić information content (AvgIpc) is 3.45. The number of imidazole rings is 1. The Morgan fingerprint density at radius 2 is 2.16 bits per heavy atom. The molecule has 1 amide bonds. The lowest BCUT2D eigenvalue weighted by Gasteiger charge is -2.33. The number of benzene rings is 1. The van der Waals surface area contributed by atoms with Crippen LogP contribution in [-0.4, -0.2) is 48.3 Å². The van der Waals surface area contributed by atoms with Gasteiger partial charge in [-0.15, -0.1) is 11.3 Å². The van der Waals surface area contributed by atoms with Crippen LogP contribution in [0.3, 0.4) is 0 Å². The summed E-state index contributed by atoms with van der Waals surface area (Å²) in [6.07, 6.45) is -1.29. The van der Waals surface area contributed by atoms with Crippen LogP contribution in [0.1, 0.15) is 38.5 Å².